The van der Waals surface area contributed by atoms with Crippen LogP contribution in [0.5, 0.6) is 0 Å². The summed E-state index contributed by atoms with van der Waals surface area (Å²) in [5.41, 5.74) is 0.574. The van der Waals surface area contributed by atoms with Crippen LogP contribution in [0.15, 0.2) is 34.7 Å². The van der Waals surface area contributed by atoms with E-state index >= 15 is 0 Å². The minimum Gasteiger partial charge on any atom is -0.458 e. The predicted octanol–water partition coefficient (Wildman–Crippen LogP) is 4.37. The molecule has 0 fully saturated rings. The number of benzene rings is 1. The number of aliphatic hydroxyl groups excluding tert-OH is 1. The standard InChI is InChI=1S/C18H27NO2/c1-5-18(6-2,19(7-3)8-4)17(20)16-13-14-11-9-10-12-15(14)21-16/h9-13,17,20H,5-8H2,1-4H3. The molecule has 0 bridgehead atoms. The lowest BCUT2D eigenvalue weighted by molar-refractivity contribution is -0.0460. The van der Waals surface area contributed by atoms with Crippen molar-refractivity contribution >= 4 is 11.0 Å². The van der Waals surface area contributed by atoms with E-state index in [1.807, 2.05) is 30.3 Å². The van der Waals surface area contributed by atoms with Crippen LogP contribution in [0.25, 0.3) is 11.0 Å². The van der Waals surface area contributed by atoms with Crippen LogP contribution in [0, 0.1) is 0 Å². The Balaban J connectivity index is 2.44. The van der Waals surface area contributed by atoms with Crippen molar-refractivity contribution in [2.45, 2.75) is 52.2 Å². The molecule has 0 amide bonds. The van der Waals surface area contributed by atoms with Crippen LogP contribution in [0.3, 0.4) is 0 Å². The molecule has 0 spiro atoms. The molecule has 21 heavy (non-hydrogen) atoms. The first-order valence-corrected chi connectivity index (χ1v) is 8.04. The van der Waals surface area contributed by atoms with Crippen molar-refractivity contribution in [1.82, 2.24) is 4.90 Å². The average Bonchev–Trinajstić information content (AvgIpc) is 2.96. The lowest BCUT2D eigenvalue weighted by Gasteiger charge is -2.45. The molecule has 1 N–H and O–H groups in total. The SMILES string of the molecule is CCN(CC)C(CC)(CC)C(O)c1cc2ccccc2o1. The van der Waals surface area contributed by atoms with Gasteiger partial charge in [-0.05, 0) is 38.1 Å². The monoisotopic (exact) mass is 289 g/mol. The molecule has 3 heteroatoms. The first kappa shape index (κ1) is 16.1. The molecule has 1 aromatic heterocycles. The van der Waals surface area contributed by atoms with Crippen molar-refractivity contribution in [1.29, 1.82) is 0 Å². The molecule has 3 nitrogen and oxygen atoms in total. The normalized spacial score (nSPS) is 14.0. The van der Waals surface area contributed by atoms with Gasteiger partial charge in [-0.25, -0.2) is 0 Å². The van der Waals surface area contributed by atoms with Gasteiger partial charge in [0.1, 0.15) is 17.4 Å². The lowest BCUT2D eigenvalue weighted by Crippen LogP contribution is -2.52. The zero-order chi connectivity index (χ0) is 15.5. The van der Waals surface area contributed by atoms with E-state index in [-0.39, 0.29) is 5.54 Å². The van der Waals surface area contributed by atoms with E-state index < -0.39 is 6.10 Å². The predicted molar refractivity (Wildman–Crippen MR) is 87.4 cm³/mol. The fourth-order valence-corrected chi connectivity index (χ4v) is 3.51. The smallest absolute Gasteiger partial charge is 0.135 e. The van der Waals surface area contributed by atoms with Crippen molar-refractivity contribution < 1.29 is 9.52 Å². The van der Waals surface area contributed by atoms with Crippen molar-refractivity contribution in [2.75, 3.05) is 13.1 Å². The highest BCUT2D eigenvalue weighted by atomic mass is 16.4. The van der Waals surface area contributed by atoms with Crippen LogP contribution in [0.4, 0.5) is 0 Å². The van der Waals surface area contributed by atoms with Gasteiger partial charge in [0.05, 0.1) is 5.54 Å². The fraction of sp³-hybridized carbons (Fsp3) is 0.556. The molecule has 1 heterocycles. The Morgan fingerprint density at radius 1 is 1.10 bits per heavy atom. The summed E-state index contributed by atoms with van der Waals surface area (Å²) in [4.78, 5) is 2.35. The minimum absolute atomic E-state index is 0.266. The van der Waals surface area contributed by atoms with E-state index in [2.05, 4.69) is 32.6 Å². The van der Waals surface area contributed by atoms with E-state index in [0.717, 1.165) is 36.9 Å². The average molecular weight is 289 g/mol. The van der Waals surface area contributed by atoms with Crippen LogP contribution in [0.1, 0.15) is 52.4 Å². The van der Waals surface area contributed by atoms with E-state index in [1.165, 1.54) is 0 Å². The Kier molecular flexibility index (Phi) is 5.07. The number of likely N-dealkylation sites (N-methyl/N-ethyl adjacent to an activating group) is 1. The van der Waals surface area contributed by atoms with Gasteiger partial charge in [-0.3, -0.25) is 4.90 Å². The second-order valence-corrected chi connectivity index (χ2v) is 5.57. The number of para-hydroxylation sites is 1. The van der Waals surface area contributed by atoms with Crippen LogP contribution in [0.2, 0.25) is 0 Å². The van der Waals surface area contributed by atoms with Crippen LogP contribution in [-0.2, 0) is 0 Å². The van der Waals surface area contributed by atoms with Gasteiger partial charge >= 0.3 is 0 Å². The van der Waals surface area contributed by atoms with E-state index in [9.17, 15) is 5.11 Å². The third kappa shape index (κ3) is 2.72. The summed E-state index contributed by atoms with van der Waals surface area (Å²) in [6.07, 6.45) is 1.17. The van der Waals surface area contributed by atoms with Crippen molar-refractivity contribution in [2.24, 2.45) is 0 Å². The molecule has 2 rings (SSSR count). The number of furan rings is 1. The molecule has 0 aliphatic carbocycles. The highest BCUT2D eigenvalue weighted by molar-refractivity contribution is 5.77. The van der Waals surface area contributed by atoms with Gasteiger partial charge < -0.3 is 9.52 Å². The fourth-order valence-electron chi connectivity index (χ4n) is 3.51. The zero-order valence-electron chi connectivity index (χ0n) is 13.6. The largest absolute Gasteiger partial charge is 0.458 e. The lowest BCUT2D eigenvalue weighted by atomic mass is 9.83. The number of rotatable bonds is 7. The Hall–Kier alpha value is -1.32. The molecular formula is C18H27NO2. The van der Waals surface area contributed by atoms with E-state index in [1.54, 1.807) is 0 Å². The number of nitrogens with zero attached hydrogens (tertiary/aromatic N) is 1. The summed E-state index contributed by atoms with van der Waals surface area (Å²) in [5, 5.41) is 12.1. The Labute approximate surface area is 127 Å². The summed E-state index contributed by atoms with van der Waals surface area (Å²) in [6, 6.07) is 9.89. The summed E-state index contributed by atoms with van der Waals surface area (Å²) in [5.74, 6) is 0.673. The molecule has 116 valence electrons. The maximum atomic E-state index is 11.0. The molecule has 0 saturated heterocycles. The highest BCUT2D eigenvalue weighted by Crippen LogP contribution is 2.39. The maximum Gasteiger partial charge on any atom is 0.135 e. The molecule has 1 unspecified atom stereocenters. The minimum atomic E-state index is -0.611. The molecule has 1 aromatic carbocycles. The van der Waals surface area contributed by atoms with Crippen LogP contribution in [-0.4, -0.2) is 28.6 Å². The molecule has 0 aliphatic rings. The van der Waals surface area contributed by atoms with Gasteiger partial charge in [-0.2, -0.15) is 0 Å². The third-order valence-corrected chi connectivity index (χ3v) is 4.84. The topological polar surface area (TPSA) is 36.6 Å². The number of aliphatic hydroxyl groups is 1. The highest BCUT2D eigenvalue weighted by Gasteiger charge is 2.41. The summed E-state index contributed by atoms with van der Waals surface area (Å²) < 4.78 is 5.90. The number of hydrogen-bond acceptors (Lipinski definition) is 3. The quantitative estimate of drug-likeness (QED) is 0.822. The first-order valence-electron chi connectivity index (χ1n) is 8.04. The van der Waals surface area contributed by atoms with Gasteiger partial charge in [0.2, 0.25) is 0 Å². The Morgan fingerprint density at radius 2 is 1.71 bits per heavy atom. The van der Waals surface area contributed by atoms with Crippen LogP contribution >= 0.6 is 0 Å². The molecule has 1 atom stereocenters. The molecular weight excluding hydrogens is 262 g/mol. The van der Waals surface area contributed by atoms with Crippen molar-refractivity contribution in [3.63, 3.8) is 0 Å². The second kappa shape index (κ2) is 6.63. The first-order chi connectivity index (χ1) is 10.1. The van der Waals surface area contributed by atoms with Crippen molar-refractivity contribution in [3.8, 4) is 0 Å². The van der Waals surface area contributed by atoms with E-state index in [0.29, 0.717) is 5.76 Å². The maximum absolute atomic E-state index is 11.0. The number of hydrogen-bond donors (Lipinski definition) is 1. The number of fused-ring (bicyclic) bond motifs is 1. The van der Waals surface area contributed by atoms with Gasteiger partial charge in [0.15, 0.2) is 0 Å². The van der Waals surface area contributed by atoms with Crippen LogP contribution < -0.4 is 0 Å². The van der Waals surface area contributed by atoms with Gasteiger partial charge in [0.25, 0.3) is 0 Å². The van der Waals surface area contributed by atoms with E-state index in [4.69, 9.17) is 4.42 Å². The Bertz CT molecular complexity index is 534. The molecule has 0 aliphatic heterocycles. The molecule has 0 saturated carbocycles. The third-order valence-electron chi connectivity index (χ3n) is 4.84. The second-order valence-electron chi connectivity index (χ2n) is 5.57. The van der Waals surface area contributed by atoms with Crippen molar-refractivity contribution in [3.05, 3.63) is 36.1 Å². The molecule has 2 aromatic rings. The summed E-state index contributed by atoms with van der Waals surface area (Å²) >= 11 is 0. The van der Waals surface area contributed by atoms with Gasteiger partial charge in [-0.1, -0.05) is 45.9 Å². The van der Waals surface area contributed by atoms with Gasteiger partial charge in [0, 0.05) is 5.39 Å². The zero-order valence-corrected chi connectivity index (χ0v) is 13.6. The Morgan fingerprint density at radius 3 is 2.24 bits per heavy atom. The summed E-state index contributed by atoms with van der Waals surface area (Å²) in [7, 11) is 0. The molecule has 0 radical (unpaired) electrons. The summed E-state index contributed by atoms with van der Waals surface area (Å²) in [6.45, 7) is 10.4. The van der Waals surface area contributed by atoms with Gasteiger partial charge in [-0.15, -0.1) is 0 Å².